The van der Waals surface area contributed by atoms with Crippen molar-refractivity contribution in [1.82, 2.24) is 4.67 Å². The van der Waals surface area contributed by atoms with Crippen molar-refractivity contribution in [2.24, 2.45) is 0 Å². The van der Waals surface area contributed by atoms with E-state index in [1.165, 1.54) is 16.2 Å². The van der Waals surface area contributed by atoms with Crippen LogP contribution in [-0.2, 0) is 6.16 Å². The van der Waals surface area contributed by atoms with Gasteiger partial charge in [0.2, 0.25) is 0 Å². The zero-order chi connectivity index (χ0) is 17.1. The van der Waals surface area contributed by atoms with Crippen molar-refractivity contribution in [2.75, 3.05) is 14.1 Å². The van der Waals surface area contributed by atoms with Crippen LogP contribution < -0.4 is 10.6 Å². The molecule has 0 fully saturated rings. The molecule has 0 saturated carbocycles. The normalized spacial score (nSPS) is 13.4. The molecule has 3 heteroatoms. The Balaban J connectivity index is 2.30. The van der Waals surface area contributed by atoms with Gasteiger partial charge in [0.05, 0.1) is 0 Å². The standard InChI is InChI=1S/C21H23BrNP/c1-23(2)24(22,20-14-8-4-9-15-20,21-16-10-5-11-17-21)18-19-12-6-3-7-13-19/h3-17H,18H2,1-2H3. The molecule has 24 heavy (non-hydrogen) atoms. The van der Waals surface area contributed by atoms with Gasteiger partial charge in [0, 0.05) is 0 Å². The fourth-order valence-electron chi connectivity index (χ4n) is 3.31. The van der Waals surface area contributed by atoms with Crippen LogP contribution in [0.25, 0.3) is 0 Å². The molecule has 0 aromatic heterocycles. The van der Waals surface area contributed by atoms with Crippen molar-refractivity contribution in [2.45, 2.75) is 6.16 Å². The Morgan fingerprint density at radius 3 is 1.42 bits per heavy atom. The van der Waals surface area contributed by atoms with E-state index in [1.807, 2.05) is 0 Å². The van der Waals surface area contributed by atoms with Gasteiger partial charge in [-0.3, -0.25) is 0 Å². The molecule has 0 bridgehead atoms. The first kappa shape index (κ1) is 17.4. The molecule has 3 aromatic rings. The molecule has 0 radical (unpaired) electrons. The quantitative estimate of drug-likeness (QED) is 0.534. The van der Waals surface area contributed by atoms with Crippen molar-refractivity contribution in [3.8, 4) is 0 Å². The Morgan fingerprint density at radius 1 is 0.667 bits per heavy atom. The van der Waals surface area contributed by atoms with Gasteiger partial charge in [0.1, 0.15) is 0 Å². The molecule has 1 nitrogen and oxygen atoms in total. The first-order valence-corrected chi connectivity index (χ1v) is 12.5. The van der Waals surface area contributed by atoms with Crippen LogP contribution in [0.5, 0.6) is 0 Å². The average molecular weight is 400 g/mol. The predicted molar refractivity (Wildman–Crippen MR) is 112 cm³/mol. The third-order valence-electron chi connectivity index (χ3n) is 4.71. The van der Waals surface area contributed by atoms with Crippen molar-refractivity contribution < 1.29 is 0 Å². The third-order valence-corrected chi connectivity index (χ3v) is 15.1. The number of nitrogens with zero attached hydrogens (tertiary/aromatic N) is 1. The van der Waals surface area contributed by atoms with E-state index in [1.54, 1.807) is 0 Å². The molecule has 0 spiro atoms. The van der Waals surface area contributed by atoms with Crippen LogP contribution in [0.15, 0.2) is 91.0 Å². The van der Waals surface area contributed by atoms with Gasteiger partial charge >= 0.3 is 153 Å². The van der Waals surface area contributed by atoms with Crippen LogP contribution in [0.3, 0.4) is 0 Å². The van der Waals surface area contributed by atoms with Gasteiger partial charge in [-0.1, -0.05) is 0 Å². The number of halogens is 1. The Kier molecular flexibility index (Phi) is 4.92. The summed E-state index contributed by atoms with van der Waals surface area (Å²) < 4.78 is 2.41. The van der Waals surface area contributed by atoms with Gasteiger partial charge in [0.15, 0.2) is 0 Å². The second-order valence-corrected chi connectivity index (χ2v) is 15.3. The topological polar surface area (TPSA) is 3.24 Å². The van der Waals surface area contributed by atoms with Crippen molar-refractivity contribution in [1.29, 1.82) is 0 Å². The molecule has 0 aliphatic rings. The van der Waals surface area contributed by atoms with Crippen LogP contribution in [-0.4, -0.2) is 18.8 Å². The molecular weight excluding hydrogens is 377 g/mol. The molecule has 0 heterocycles. The van der Waals surface area contributed by atoms with E-state index in [9.17, 15) is 0 Å². The molecule has 0 unspecified atom stereocenters. The number of hydrogen-bond acceptors (Lipinski definition) is 1. The van der Waals surface area contributed by atoms with Crippen LogP contribution in [0.2, 0.25) is 0 Å². The average Bonchev–Trinajstić information content (AvgIpc) is 2.64. The van der Waals surface area contributed by atoms with Gasteiger partial charge in [0.25, 0.3) is 0 Å². The summed E-state index contributed by atoms with van der Waals surface area (Å²) in [7, 11) is 4.38. The molecule has 124 valence electrons. The summed E-state index contributed by atoms with van der Waals surface area (Å²) >= 11 is 4.37. The van der Waals surface area contributed by atoms with Gasteiger partial charge in [-0.25, -0.2) is 0 Å². The molecule has 0 aliphatic carbocycles. The maximum absolute atomic E-state index is 4.37. The summed E-state index contributed by atoms with van der Waals surface area (Å²) in [5.74, 6) is 0. The molecule has 0 aliphatic heterocycles. The summed E-state index contributed by atoms with van der Waals surface area (Å²) in [6.07, 6.45) is 0.952. The molecule has 0 atom stereocenters. The third kappa shape index (κ3) is 2.84. The molecular formula is C21H23BrNP. The van der Waals surface area contributed by atoms with E-state index in [-0.39, 0.29) is 0 Å². The predicted octanol–water partition coefficient (Wildman–Crippen LogP) is 5.18. The van der Waals surface area contributed by atoms with Gasteiger partial charge in [-0.15, -0.1) is 0 Å². The van der Waals surface area contributed by atoms with Crippen LogP contribution in [0, 0.1) is 0 Å². The Labute approximate surface area is 153 Å². The number of benzene rings is 3. The summed E-state index contributed by atoms with van der Waals surface area (Å²) in [6, 6.07) is 32.5. The first-order chi connectivity index (χ1) is 11.6. The Bertz CT molecular complexity index is 748. The number of hydrogen-bond donors (Lipinski definition) is 0. The van der Waals surface area contributed by atoms with E-state index in [2.05, 4.69) is 125 Å². The van der Waals surface area contributed by atoms with E-state index in [0.29, 0.717) is 0 Å². The van der Waals surface area contributed by atoms with Gasteiger partial charge in [-0.2, -0.15) is 0 Å². The second-order valence-electron chi connectivity index (χ2n) is 6.30. The minimum atomic E-state index is -2.73. The summed E-state index contributed by atoms with van der Waals surface area (Å²) in [6.45, 7) is 0. The second kappa shape index (κ2) is 6.80. The molecule has 0 amide bonds. The maximum atomic E-state index is 4.37. The summed E-state index contributed by atoms with van der Waals surface area (Å²) in [4.78, 5) is 0. The van der Waals surface area contributed by atoms with Gasteiger partial charge in [-0.05, 0) is 0 Å². The fourth-order valence-corrected chi connectivity index (χ4v) is 9.90. The SMILES string of the molecule is CN(C)P(Br)(Cc1ccccc1)(c1ccccc1)c1ccccc1. The zero-order valence-corrected chi connectivity index (χ0v) is 16.6. The van der Waals surface area contributed by atoms with Gasteiger partial charge < -0.3 is 0 Å². The molecule has 3 rings (SSSR count). The van der Waals surface area contributed by atoms with Crippen LogP contribution in [0.1, 0.15) is 5.56 Å². The van der Waals surface area contributed by atoms with E-state index < -0.39 is 5.46 Å². The van der Waals surface area contributed by atoms with Crippen molar-refractivity contribution >= 4 is 31.6 Å². The summed E-state index contributed by atoms with van der Waals surface area (Å²) in [5, 5.41) is 2.70. The first-order valence-electron chi connectivity index (χ1n) is 8.11. The minimum absolute atomic E-state index is 0.952. The van der Waals surface area contributed by atoms with Crippen LogP contribution >= 0.6 is 20.9 Å². The monoisotopic (exact) mass is 399 g/mol. The van der Waals surface area contributed by atoms with Crippen molar-refractivity contribution in [3.05, 3.63) is 96.6 Å². The van der Waals surface area contributed by atoms with E-state index in [4.69, 9.17) is 0 Å². The number of rotatable bonds is 5. The molecule has 0 N–H and O–H groups in total. The van der Waals surface area contributed by atoms with E-state index in [0.717, 1.165) is 6.16 Å². The van der Waals surface area contributed by atoms with Crippen molar-refractivity contribution in [3.63, 3.8) is 0 Å². The van der Waals surface area contributed by atoms with Crippen LogP contribution in [0.4, 0.5) is 0 Å². The zero-order valence-electron chi connectivity index (χ0n) is 14.1. The fraction of sp³-hybridized carbons (Fsp3) is 0.143. The Morgan fingerprint density at radius 2 is 1.04 bits per heavy atom. The van der Waals surface area contributed by atoms with E-state index >= 15 is 0 Å². The molecule has 0 saturated heterocycles. The molecule has 3 aromatic carbocycles. The Hall–Kier alpha value is -1.47. The summed E-state index contributed by atoms with van der Waals surface area (Å²) in [5.41, 5.74) is -1.38.